The lowest BCUT2D eigenvalue weighted by atomic mass is 9.98. The molecule has 0 saturated carbocycles. The number of hydrogen-bond donors (Lipinski definition) is 0. The molecule has 0 aromatic carbocycles. The van der Waals surface area contributed by atoms with Gasteiger partial charge in [-0.15, -0.1) is 0 Å². The molecule has 1 saturated heterocycles. The third-order valence-corrected chi connectivity index (χ3v) is 2.55. The highest BCUT2D eigenvalue weighted by molar-refractivity contribution is 5.76. The standard InChI is InChI=1S/C10H16N2O/c1-9(13)8-10-4-2-3-6-12(10)7-5-11/h10H,2-4,6-8H2,1H3. The number of rotatable bonds is 3. The van der Waals surface area contributed by atoms with Crippen LogP contribution in [0.4, 0.5) is 0 Å². The van der Waals surface area contributed by atoms with Crippen LogP contribution < -0.4 is 0 Å². The van der Waals surface area contributed by atoms with E-state index in [2.05, 4.69) is 11.0 Å². The van der Waals surface area contributed by atoms with Gasteiger partial charge in [-0.05, 0) is 26.3 Å². The van der Waals surface area contributed by atoms with Crippen LogP contribution in [0.5, 0.6) is 0 Å². The zero-order valence-electron chi connectivity index (χ0n) is 8.12. The van der Waals surface area contributed by atoms with Gasteiger partial charge in [-0.1, -0.05) is 6.42 Å². The van der Waals surface area contributed by atoms with E-state index in [1.165, 1.54) is 6.42 Å². The number of carbonyl (C=O) groups is 1. The molecule has 1 fully saturated rings. The lowest BCUT2D eigenvalue weighted by Crippen LogP contribution is -2.40. The van der Waals surface area contributed by atoms with Gasteiger partial charge in [0.1, 0.15) is 5.78 Å². The third kappa shape index (κ3) is 3.16. The molecule has 3 heteroatoms. The first-order valence-electron chi connectivity index (χ1n) is 4.84. The Kier molecular flexibility index (Phi) is 3.91. The quantitative estimate of drug-likeness (QED) is 0.616. The molecule has 0 N–H and O–H groups in total. The third-order valence-electron chi connectivity index (χ3n) is 2.55. The van der Waals surface area contributed by atoms with Crippen molar-refractivity contribution >= 4 is 5.78 Å². The lowest BCUT2D eigenvalue weighted by Gasteiger charge is -2.33. The molecule has 1 heterocycles. The zero-order valence-corrected chi connectivity index (χ0v) is 8.12. The van der Waals surface area contributed by atoms with E-state index in [4.69, 9.17) is 5.26 Å². The van der Waals surface area contributed by atoms with Gasteiger partial charge in [0, 0.05) is 12.5 Å². The molecule has 1 aliphatic rings. The largest absolute Gasteiger partial charge is 0.300 e. The molecule has 1 aliphatic heterocycles. The summed E-state index contributed by atoms with van der Waals surface area (Å²) in [6, 6.07) is 2.48. The van der Waals surface area contributed by atoms with Crippen molar-refractivity contribution in [3.8, 4) is 6.07 Å². The van der Waals surface area contributed by atoms with Crippen molar-refractivity contribution < 1.29 is 4.79 Å². The summed E-state index contributed by atoms with van der Waals surface area (Å²) in [6.45, 7) is 3.07. The second kappa shape index (κ2) is 4.98. The summed E-state index contributed by atoms with van der Waals surface area (Å²) in [6.07, 6.45) is 4.04. The SMILES string of the molecule is CC(=O)CC1CCCCN1CC#N. The summed E-state index contributed by atoms with van der Waals surface area (Å²) < 4.78 is 0. The number of piperidine rings is 1. The van der Waals surface area contributed by atoms with Crippen LogP contribution in [0.15, 0.2) is 0 Å². The maximum absolute atomic E-state index is 11.0. The number of likely N-dealkylation sites (tertiary alicyclic amines) is 1. The molecular formula is C10H16N2O. The molecule has 13 heavy (non-hydrogen) atoms. The van der Waals surface area contributed by atoms with Gasteiger partial charge < -0.3 is 0 Å². The molecule has 3 nitrogen and oxygen atoms in total. The van der Waals surface area contributed by atoms with E-state index in [1.54, 1.807) is 6.92 Å². The van der Waals surface area contributed by atoms with Crippen molar-refractivity contribution in [1.82, 2.24) is 4.90 Å². The van der Waals surface area contributed by atoms with Gasteiger partial charge in [0.25, 0.3) is 0 Å². The Morgan fingerprint density at radius 1 is 1.62 bits per heavy atom. The fourth-order valence-corrected chi connectivity index (χ4v) is 1.92. The first kappa shape index (κ1) is 10.2. The maximum Gasteiger partial charge on any atom is 0.131 e. The van der Waals surface area contributed by atoms with Crippen LogP contribution in [0, 0.1) is 11.3 Å². The van der Waals surface area contributed by atoms with E-state index in [9.17, 15) is 4.79 Å². The summed E-state index contributed by atoms with van der Waals surface area (Å²) in [5, 5.41) is 8.59. The number of hydrogen-bond acceptors (Lipinski definition) is 3. The monoisotopic (exact) mass is 180 g/mol. The number of nitriles is 1. The molecular weight excluding hydrogens is 164 g/mol. The number of nitrogens with zero attached hydrogens (tertiary/aromatic N) is 2. The predicted molar refractivity (Wildman–Crippen MR) is 50.1 cm³/mol. The van der Waals surface area contributed by atoms with Crippen molar-refractivity contribution in [2.75, 3.05) is 13.1 Å². The highest BCUT2D eigenvalue weighted by Crippen LogP contribution is 2.19. The van der Waals surface area contributed by atoms with Crippen LogP contribution in [0.1, 0.15) is 32.6 Å². The van der Waals surface area contributed by atoms with Crippen molar-refractivity contribution in [3.63, 3.8) is 0 Å². The summed E-state index contributed by atoms with van der Waals surface area (Å²) in [5.41, 5.74) is 0. The highest BCUT2D eigenvalue weighted by atomic mass is 16.1. The van der Waals surface area contributed by atoms with Crippen molar-refractivity contribution in [1.29, 1.82) is 5.26 Å². The first-order valence-corrected chi connectivity index (χ1v) is 4.84. The fraction of sp³-hybridized carbons (Fsp3) is 0.800. The Balaban J connectivity index is 2.47. The second-order valence-electron chi connectivity index (χ2n) is 3.68. The minimum Gasteiger partial charge on any atom is -0.300 e. The molecule has 0 aromatic heterocycles. The Labute approximate surface area is 79.3 Å². The van der Waals surface area contributed by atoms with E-state index >= 15 is 0 Å². The van der Waals surface area contributed by atoms with Crippen molar-refractivity contribution in [2.45, 2.75) is 38.6 Å². The molecule has 0 aromatic rings. The van der Waals surface area contributed by atoms with Crippen LogP contribution in [-0.2, 0) is 4.79 Å². The smallest absolute Gasteiger partial charge is 0.131 e. The molecule has 1 rings (SSSR count). The Bertz CT molecular complexity index is 219. The molecule has 0 spiro atoms. The molecule has 1 atom stereocenters. The van der Waals surface area contributed by atoms with Gasteiger partial charge in [-0.25, -0.2) is 0 Å². The molecule has 0 bridgehead atoms. The Morgan fingerprint density at radius 3 is 3.00 bits per heavy atom. The topological polar surface area (TPSA) is 44.1 Å². The van der Waals surface area contributed by atoms with Crippen molar-refractivity contribution in [3.05, 3.63) is 0 Å². The molecule has 72 valence electrons. The summed E-state index contributed by atoms with van der Waals surface area (Å²) in [4.78, 5) is 13.1. The fourth-order valence-electron chi connectivity index (χ4n) is 1.92. The highest BCUT2D eigenvalue weighted by Gasteiger charge is 2.22. The van der Waals surface area contributed by atoms with E-state index in [0.29, 0.717) is 19.0 Å². The van der Waals surface area contributed by atoms with Gasteiger partial charge in [-0.2, -0.15) is 5.26 Å². The average Bonchev–Trinajstić information content (AvgIpc) is 2.08. The van der Waals surface area contributed by atoms with E-state index in [0.717, 1.165) is 19.4 Å². The van der Waals surface area contributed by atoms with E-state index in [-0.39, 0.29) is 5.78 Å². The van der Waals surface area contributed by atoms with Gasteiger partial charge in [0.15, 0.2) is 0 Å². The second-order valence-corrected chi connectivity index (χ2v) is 3.68. The van der Waals surface area contributed by atoms with Crippen LogP contribution >= 0.6 is 0 Å². The number of ketones is 1. The molecule has 1 unspecified atom stereocenters. The maximum atomic E-state index is 11.0. The molecule has 0 radical (unpaired) electrons. The van der Waals surface area contributed by atoms with Crippen LogP contribution in [0.2, 0.25) is 0 Å². The van der Waals surface area contributed by atoms with Gasteiger partial charge in [-0.3, -0.25) is 9.69 Å². The van der Waals surface area contributed by atoms with Gasteiger partial charge in [0.05, 0.1) is 12.6 Å². The zero-order chi connectivity index (χ0) is 9.68. The van der Waals surface area contributed by atoms with Crippen LogP contribution in [0.25, 0.3) is 0 Å². The Hall–Kier alpha value is -0.880. The lowest BCUT2D eigenvalue weighted by molar-refractivity contribution is -0.118. The normalized spacial score (nSPS) is 23.8. The minimum atomic E-state index is 0.231. The summed E-state index contributed by atoms with van der Waals surface area (Å²) in [7, 11) is 0. The Morgan fingerprint density at radius 2 is 2.38 bits per heavy atom. The first-order chi connectivity index (χ1) is 6.24. The number of carbonyl (C=O) groups excluding carboxylic acids is 1. The van der Waals surface area contributed by atoms with Crippen LogP contribution in [-0.4, -0.2) is 29.8 Å². The van der Waals surface area contributed by atoms with Gasteiger partial charge in [0.2, 0.25) is 0 Å². The minimum absolute atomic E-state index is 0.231. The van der Waals surface area contributed by atoms with E-state index < -0.39 is 0 Å². The predicted octanol–water partition coefficient (Wildman–Crippen LogP) is 1.34. The molecule has 0 aliphatic carbocycles. The number of Topliss-reactive ketones (excluding diaryl/α,β-unsaturated/α-hetero) is 1. The summed E-state index contributed by atoms with van der Waals surface area (Å²) >= 11 is 0. The van der Waals surface area contributed by atoms with E-state index in [1.807, 2.05) is 0 Å². The van der Waals surface area contributed by atoms with Crippen molar-refractivity contribution in [2.24, 2.45) is 0 Å². The molecule has 0 amide bonds. The van der Waals surface area contributed by atoms with Crippen LogP contribution in [0.3, 0.4) is 0 Å². The summed E-state index contributed by atoms with van der Waals surface area (Å²) in [5.74, 6) is 0.231. The van der Waals surface area contributed by atoms with Gasteiger partial charge >= 0.3 is 0 Å². The average molecular weight is 180 g/mol.